The molecule has 2 aromatic carbocycles. The van der Waals surface area contributed by atoms with E-state index >= 15 is 0 Å². The number of nitrogens with zero attached hydrogens (tertiary/aromatic N) is 4. The molecule has 0 atom stereocenters. The van der Waals surface area contributed by atoms with Crippen molar-refractivity contribution in [1.82, 2.24) is 14.8 Å². The number of ether oxygens (including phenoxy) is 1. The van der Waals surface area contributed by atoms with E-state index in [0.717, 1.165) is 12.8 Å². The van der Waals surface area contributed by atoms with Crippen LogP contribution in [0.5, 0.6) is 5.75 Å². The monoisotopic (exact) mass is 400 g/mol. The molecule has 0 radical (unpaired) electrons. The predicted molar refractivity (Wildman–Crippen MR) is 103 cm³/mol. The summed E-state index contributed by atoms with van der Waals surface area (Å²) in [5, 5.41) is 20.2. The Morgan fingerprint density at radius 1 is 1.29 bits per heavy atom. The van der Waals surface area contributed by atoms with Crippen LogP contribution >= 0.6 is 11.8 Å². The molecule has 0 aliphatic heterocycles. The summed E-state index contributed by atoms with van der Waals surface area (Å²) in [6, 6.07) is 11.3. The van der Waals surface area contributed by atoms with E-state index < -0.39 is 4.92 Å². The van der Waals surface area contributed by atoms with Gasteiger partial charge in [-0.25, -0.2) is 4.39 Å². The Hall–Kier alpha value is -2.94. The van der Waals surface area contributed by atoms with Crippen LogP contribution in [-0.2, 0) is 5.75 Å². The second-order valence-corrected chi connectivity index (χ2v) is 7.37. The van der Waals surface area contributed by atoms with E-state index in [2.05, 4.69) is 10.2 Å². The van der Waals surface area contributed by atoms with Gasteiger partial charge in [-0.15, -0.1) is 10.2 Å². The van der Waals surface area contributed by atoms with Crippen molar-refractivity contribution in [1.29, 1.82) is 0 Å². The molecule has 7 nitrogen and oxygen atoms in total. The summed E-state index contributed by atoms with van der Waals surface area (Å²) >= 11 is 1.40. The molecule has 1 aromatic heterocycles. The fourth-order valence-electron chi connectivity index (χ4n) is 3.00. The number of nitro groups is 1. The van der Waals surface area contributed by atoms with Gasteiger partial charge in [-0.1, -0.05) is 23.9 Å². The minimum atomic E-state index is -0.434. The zero-order chi connectivity index (χ0) is 19.7. The van der Waals surface area contributed by atoms with Crippen molar-refractivity contribution in [2.45, 2.75) is 29.8 Å². The van der Waals surface area contributed by atoms with Crippen LogP contribution in [0, 0.1) is 15.9 Å². The number of aromatic nitrogens is 3. The number of non-ortho nitro benzene ring substituents is 1. The minimum Gasteiger partial charge on any atom is -0.496 e. The third-order valence-electron chi connectivity index (χ3n) is 4.52. The molecule has 0 saturated heterocycles. The molecule has 9 heteroatoms. The molecule has 0 bridgehead atoms. The molecule has 1 heterocycles. The molecule has 28 heavy (non-hydrogen) atoms. The molecule has 0 unspecified atom stereocenters. The van der Waals surface area contributed by atoms with Gasteiger partial charge in [0.25, 0.3) is 5.69 Å². The largest absolute Gasteiger partial charge is 0.496 e. The average Bonchev–Trinajstić information content (AvgIpc) is 3.46. The summed E-state index contributed by atoms with van der Waals surface area (Å²) < 4.78 is 21.5. The molecule has 0 spiro atoms. The lowest BCUT2D eigenvalue weighted by molar-refractivity contribution is -0.384. The maximum atomic E-state index is 14.2. The highest BCUT2D eigenvalue weighted by Crippen LogP contribution is 2.42. The van der Waals surface area contributed by atoms with Crippen LogP contribution in [0.1, 0.15) is 24.4 Å². The quantitative estimate of drug-likeness (QED) is 0.327. The van der Waals surface area contributed by atoms with Crippen LogP contribution in [0.2, 0.25) is 0 Å². The number of nitro benzene ring substituents is 1. The van der Waals surface area contributed by atoms with Gasteiger partial charge < -0.3 is 4.74 Å². The normalized spacial score (nSPS) is 13.5. The van der Waals surface area contributed by atoms with E-state index in [1.165, 1.54) is 37.1 Å². The van der Waals surface area contributed by atoms with Crippen LogP contribution in [0.4, 0.5) is 10.1 Å². The summed E-state index contributed by atoms with van der Waals surface area (Å²) in [5.41, 5.74) is 1.12. The smallest absolute Gasteiger partial charge is 0.270 e. The van der Waals surface area contributed by atoms with Crippen LogP contribution in [0.15, 0.2) is 47.6 Å². The van der Waals surface area contributed by atoms with E-state index in [4.69, 9.17) is 4.74 Å². The van der Waals surface area contributed by atoms with Crippen molar-refractivity contribution < 1.29 is 14.1 Å². The van der Waals surface area contributed by atoms with Crippen molar-refractivity contribution >= 4 is 17.4 Å². The highest BCUT2D eigenvalue weighted by atomic mass is 32.2. The van der Waals surface area contributed by atoms with Crippen molar-refractivity contribution in [3.8, 4) is 17.1 Å². The lowest BCUT2D eigenvalue weighted by Crippen LogP contribution is -2.01. The number of benzene rings is 2. The molecule has 4 rings (SSSR count). The first-order valence-corrected chi connectivity index (χ1v) is 9.71. The van der Waals surface area contributed by atoms with Gasteiger partial charge in [-0.05, 0) is 31.0 Å². The summed E-state index contributed by atoms with van der Waals surface area (Å²) in [6.45, 7) is 0. The van der Waals surface area contributed by atoms with Gasteiger partial charge in [0, 0.05) is 29.5 Å². The lowest BCUT2D eigenvalue weighted by Gasteiger charge is -2.11. The van der Waals surface area contributed by atoms with E-state index in [1.54, 1.807) is 24.3 Å². The summed E-state index contributed by atoms with van der Waals surface area (Å²) in [7, 11) is 1.53. The van der Waals surface area contributed by atoms with Gasteiger partial charge >= 0.3 is 0 Å². The Balaban J connectivity index is 1.64. The molecule has 0 amide bonds. The molecule has 1 aliphatic carbocycles. The topological polar surface area (TPSA) is 83.1 Å². The first kappa shape index (κ1) is 18.4. The van der Waals surface area contributed by atoms with E-state index in [0.29, 0.717) is 33.6 Å². The Bertz CT molecular complexity index is 1040. The predicted octanol–water partition coefficient (Wildman–Crippen LogP) is 4.63. The minimum absolute atomic E-state index is 0.00658. The lowest BCUT2D eigenvalue weighted by atomic mass is 10.2. The number of hydrogen-bond donors (Lipinski definition) is 0. The average molecular weight is 400 g/mol. The first-order valence-electron chi connectivity index (χ1n) is 8.72. The van der Waals surface area contributed by atoms with Crippen molar-refractivity contribution in [3.05, 3.63) is 64.0 Å². The van der Waals surface area contributed by atoms with Crippen molar-refractivity contribution in [3.63, 3.8) is 0 Å². The third-order valence-corrected chi connectivity index (χ3v) is 5.51. The van der Waals surface area contributed by atoms with Crippen molar-refractivity contribution in [2.75, 3.05) is 7.11 Å². The summed E-state index contributed by atoms with van der Waals surface area (Å²) in [5.74, 6) is 1.17. The van der Waals surface area contributed by atoms with Gasteiger partial charge in [-0.2, -0.15) is 0 Å². The number of hydrogen-bond acceptors (Lipinski definition) is 6. The highest BCUT2D eigenvalue weighted by molar-refractivity contribution is 7.98. The first-order chi connectivity index (χ1) is 13.6. The fraction of sp³-hybridized carbons (Fsp3) is 0.263. The SMILES string of the molecule is COc1ccc([N+](=O)[O-])cc1CSc1nnc(-c2ccccc2F)n1C1CC1. The third kappa shape index (κ3) is 3.57. The van der Waals surface area contributed by atoms with Gasteiger partial charge in [0.15, 0.2) is 11.0 Å². The van der Waals surface area contributed by atoms with E-state index in [9.17, 15) is 14.5 Å². The molecule has 144 valence electrons. The zero-order valence-corrected chi connectivity index (χ0v) is 15.9. The Morgan fingerprint density at radius 3 is 2.75 bits per heavy atom. The maximum Gasteiger partial charge on any atom is 0.270 e. The number of rotatable bonds is 7. The molecule has 1 fully saturated rings. The summed E-state index contributed by atoms with van der Waals surface area (Å²) in [6.07, 6.45) is 1.99. The molecular weight excluding hydrogens is 383 g/mol. The second-order valence-electron chi connectivity index (χ2n) is 6.43. The van der Waals surface area contributed by atoms with Crippen LogP contribution in [0.25, 0.3) is 11.4 Å². The van der Waals surface area contributed by atoms with E-state index in [1.807, 2.05) is 4.57 Å². The Morgan fingerprint density at radius 2 is 2.07 bits per heavy atom. The molecule has 0 N–H and O–H groups in total. The Kier molecular flexibility index (Phi) is 4.99. The standard InChI is InChI=1S/C19H17FN4O3S/c1-27-17-9-8-14(24(25)26)10-12(17)11-28-19-22-21-18(23(19)13-6-7-13)15-4-2-3-5-16(15)20/h2-5,8-10,13H,6-7,11H2,1H3. The van der Waals surface area contributed by atoms with Gasteiger partial charge in [-0.3, -0.25) is 14.7 Å². The Labute approximate surface area is 164 Å². The van der Waals surface area contributed by atoms with Crippen LogP contribution in [-0.4, -0.2) is 26.8 Å². The second kappa shape index (κ2) is 7.59. The zero-order valence-electron chi connectivity index (χ0n) is 15.0. The number of halogens is 1. The van der Waals surface area contributed by atoms with Crippen molar-refractivity contribution in [2.24, 2.45) is 0 Å². The highest BCUT2D eigenvalue weighted by Gasteiger charge is 2.31. The summed E-state index contributed by atoms with van der Waals surface area (Å²) in [4.78, 5) is 10.6. The van der Waals surface area contributed by atoms with Gasteiger partial charge in [0.1, 0.15) is 11.6 Å². The van der Waals surface area contributed by atoms with Crippen LogP contribution < -0.4 is 4.74 Å². The van der Waals surface area contributed by atoms with Gasteiger partial charge in [0.2, 0.25) is 0 Å². The maximum absolute atomic E-state index is 14.2. The van der Waals surface area contributed by atoms with E-state index in [-0.39, 0.29) is 17.5 Å². The number of thioether (sulfide) groups is 1. The fourth-order valence-corrected chi connectivity index (χ4v) is 3.98. The molecule has 1 aliphatic rings. The number of methoxy groups -OCH3 is 1. The molecule has 3 aromatic rings. The molecular formula is C19H17FN4O3S. The van der Waals surface area contributed by atoms with Crippen LogP contribution in [0.3, 0.4) is 0 Å². The molecule has 1 saturated carbocycles. The van der Waals surface area contributed by atoms with Gasteiger partial charge in [0.05, 0.1) is 17.6 Å².